The number of carbonyl (C=O) groups excluding carboxylic acids is 1. The van der Waals surface area contributed by atoms with Crippen LogP contribution in [0.4, 0.5) is 5.69 Å². The van der Waals surface area contributed by atoms with Crippen molar-refractivity contribution in [1.29, 1.82) is 0 Å². The first-order valence-electron chi connectivity index (χ1n) is 9.02. The number of nitrogens with one attached hydrogen (secondary N) is 1. The van der Waals surface area contributed by atoms with Crippen molar-refractivity contribution in [2.75, 3.05) is 11.9 Å². The molecule has 26 heavy (non-hydrogen) atoms. The van der Waals surface area contributed by atoms with E-state index in [2.05, 4.69) is 39.9 Å². The lowest BCUT2D eigenvalue weighted by Crippen LogP contribution is -2.22. The van der Waals surface area contributed by atoms with Crippen molar-refractivity contribution in [3.8, 4) is 0 Å². The fourth-order valence-corrected chi connectivity index (χ4v) is 4.43. The Kier molecular flexibility index (Phi) is 5.14. The van der Waals surface area contributed by atoms with Gasteiger partial charge in [-0.15, -0.1) is 11.3 Å². The highest BCUT2D eigenvalue weighted by molar-refractivity contribution is 7.10. The SMILES string of the molecule is O=C(Nc1ccccc1)c1ccc(CN2CCC[C@H]2c2cccs2)cc1. The standard InChI is InChI=1S/C22H22N2OS/c25-22(23-19-6-2-1-3-7-19)18-12-10-17(11-13-18)16-24-14-4-8-20(24)21-9-5-15-26-21/h1-3,5-7,9-13,15,20H,4,8,14,16H2,(H,23,25)/t20-/m0/s1. The Hall–Kier alpha value is -2.43. The molecule has 1 atom stereocenters. The van der Waals surface area contributed by atoms with Crippen LogP contribution in [0.15, 0.2) is 72.1 Å². The topological polar surface area (TPSA) is 32.3 Å². The third kappa shape index (κ3) is 3.87. The van der Waals surface area contributed by atoms with E-state index >= 15 is 0 Å². The second-order valence-corrected chi connectivity index (χ2v) is 7.64. The van der Waals surface area contributed by atoms with Crippen molar-refractivity contribution in [2.24, 2.45) is 0 Å². The summed E-state index contributed by atoms with van der Waals surface area (Å²) in [6, 6.07) is 22.5. The van der Waals surface area contributed by atoms with Crippen molar-refractivity contribution < 1.29 is 4.79 Å². The van der Waals surface area contributed by atoms with Gasteiger partial charge >= 0.3 is 0 Å². The molecular formula is C22H22N2OS. The first-order valence-corrected chi connectivity index (χ1v) is 9.90. The van der Waals surface area contributed by atoms with Gasteiger partial charge in [0.25, 0.3) is 5.91 Å². The Morgan fingerprint density at radius 3 is 2.58 bits per heavy atom. The molecule has 4 heteroatoms. The lowest BCUT2D eigenvalue weighted by atomic mass is 10.1. The number of amides is 1. The number of hydrogen-bond acceptors (Lipinski definition) is 3. The monoisotopic (exact) mass is 362 g/mol. The lowest BCUT2D eigenvalue weighted by Gasteiger charge is -2.23. The Morgan fingerprint density at radius 1 is 1.04 bits per heavy atom. The largest absolute Gasteiger partial charge is 0.322 e. The number of nitrogens with zero attached hydrogens (tertiary/aromatic N) is 1. The van der Waals surface area contributed by atoms with Crippen LogP contribution >= 0.6 is 11.3 Å². The van der Waals surface area contributed by atoms with E-state index < -0.39 is 0 Å². The molecule has 1 fully saturated rings. The van der Waals surface area contributed by atoms with Gasteiger partial charge in [0.15, 0.2) is 0 Å². The first kappa shape index (κ1) is 17.0. The fraction of sp³-hybridized carbons (Fsp3) is 0.227. The van der Waals surface area contributed by atoms with Gasteiger partial charge in [-0.05, 0) is 60.7 Å². The van der Waals surface area contributed by atoms with Crippen LogP contribution in [-0.4, -0.2) is 17.4 Å². The van der Waals surface area contributed by atoms with Crippen LogP contribution in [0.2, 0.25) is 0 Å². The summed E-state index contributed by atoms with van der Waals surface area (Å²) in [5.41, 5.74) is 2.76. The Balaban J connectivity index is 1.40. The number of rotatable bonds is 5. The van der Waals surface area contributed by atoms with Gasteiger partial charge in [0.2, 0.25) is 0 Å². The van der Waals surface area contributed by atoms with Gasteiger partial charge in [0.05, 0.1) is 0 Å². The Labute approximate surface area is 158 Å². The first-order chi connectivity index (χ1) is 12.8. The van der Waals surface area contributed by atoms with Gasteiger partial charge in [-0.25, -0.2) is 0 Å². The molecule has 0 aliphatic carbocycles. The molecule has 2 aromatic carbocycles. The molecule has 1 aliphatic rings. The maximum absolute atomic E-state index is 12.4. The van der Waals surface area contributed by atoms with E-state index in [1.54, 1.807) is 0 Å². The molecule has 0 bridgehead atoms. The highest BCUT2D eigenvalue weighted by Gasteiger charge is 2.26. The predicted octanol–water partition coefficient (Wildman–Crippen LogP) is 5.34. The summed E-state index contributed by atoms with van der Waals surface area (Å²) < 4.78 is 0. The summed E-state index contributed by atoms with van der Waals surface area (Å²) in [6.07, 6.45) is 2.48. The fourth-order valence-electron chi connectivity index (χ4n) is 3.54. The minimum absolute atomic E-state index is 0.0691. The zero-order valence-electron chi connectivity index (χ0n) is 14.6. The van der Waals surface area contributed by atoms with Crippen LogP contribution in [0.3, 0.4) is 0 Å². The smallest absolute Gasteiger partial charge is 0.255 e. The van der Waals surface area contributed by atoms with Crippen LogP contribution in [0.25, 0.3) is 0 Å². The molecule has 4 rings (SSSR count). The molecule has 3 nitrogen and oxygen atoms in total. The van der Waals surface area contributed by atoms with Crippen molar-refractivity contribution in [3.05, 3.63) is 88.1 Å². The normalized spacial score (nSPS) is 17.3. The van der Waals surface area contributed by atoms with E-state index in [-0.39, 0.29) is 5.91 Å². The molecule has 0 saturated carbocycles. The van der Waals surface area contributed by atoms with E-state index in [9.17, 15) is 4.79 Å². The number of hydrogen-bond donors (Lipinski definition) is 1. The maximum Gasteiger partial charge on any atom is 0.255 e. The van der Waals surface area contributed by atoms with Crippen molar-refractivity contribution in [2.45, 2.75) is 25.4 Å². The molecule has 1 aromatic heterocycles. The van der Waals surface area contributed by atoms with E-state index in [0.29, 0.717) is 11.6 Å². The minimum atomic E-state index is -0.0691. The van der Waals surface area contributed by atoms with E-state index in [1.165, 1.54) is 23.3 Å². The average molecular weight is 362 g/mol. The van der Waals surface area contributed by atoms with Crippen LogP contribution in [0.1, 0.15) is 39.7 Å². The van der Waals surface area contributed by atoms with Crippen molar-refractivity contribution >= 4 is 22.9 Å². The van der Waals surface area contributed by atoms with Gasteiger partial charge in [-0.2, -0.15) is 0 Å². The number of thiophene rings is 1. The summed E-state index contributed by atoms with van der Waals surface area (Å²) in [6.45, 7) is 2.07. The summed E-state index contributed by atoms with van der Waals surface area (Å²) in [5.74, 6) is -0.0691. The second-order valence-electron chi connectivity index (χ2n) is 6.66. The molecular weight excluding hydrogens is 340 g/mol. The molecule has 1 amide bonds. The Bertz CT molecular complexity index is 844. The number of likely N-dealkylation sites (tertiary alicyclic amines) is 1. The summed E-state index contributed by atoms with van der Waals surface area (Å²) in [4.78, 5) is 16.4. The van der Waals surface area contributed by atoms with E-state index in [4.69, 9.17) is 0 Å². The van der Waals surface area contributed by atoms with Gasteiger partial charge in [0, 0.05) is 28.7 Å². The highest BCUT2D eigenvalue weighted by Crippen LogP contribution is 2.35. The molecule has 1 aliphatic heterocycles. The van der Waals surface area contributed by atoms with Crippen molar-refractivity contribution in [1.82, 2.24) is 4.90 Å². The zero-order valence-corrected chi connectivity index (χ0v) is 15.4. The molecule has 2 heterocycles. The van der Waals surface area contributed by atoms with Crippen LogP contribution in [0.5, 0.6) is 0 Å². The molecule has 0 radical (unpaired) electrons. The van der Waals surface area contributed by atoms with E-state index in [0.717, 1.165) is 18.8 Å². The molecule has 1 N–H and O–H groups in total. The van der Waals surface area contributed by atoms with Crippen LogP contribution in [0, 0.1) is 0 Å². The minimum Gasteiger partial charge on any atom is -0.322 e. The molecule has 0 spiro atoms. The highest BCUT2D eigenvalue weighted by atomic mass is 32.1. The number of anilines is 1. The van der Waals surface area contributed by atoms with Crippen molar-refractivity contribution in [3.63, 3.8) is 0 Å². The Morgan fingerprint density at radius 2 is 1.85 bits per heavy atom. The maximum atomic E-state index is 12.4. The van der Waals surface area contributed by atoms with Gasteiger partial charge < -0.3 is 5.32 Å². The quantitative estimate of drug-likeness (QED) is 0.665. The zero-order chi connectivity index (χ0) is 17.8. The van der Waals surface area contributed by atoms with Crippen LogP contribution in [-0.2, 0) is 6.54 Å². The van der Waals surface area contributed by atoms with Gasteiger partial charge in [0.1, 0.15) is 0 Å². The summed E-state index contributed by atoms with van der Waals surface area (Å²) >= 11 is 1.85. The third-order valence-electron chi connectivity index (χ3n) is 4.87. The number of benzene rings is 2. The third-order valence-corrected chi connectivity index (χ3v) is 5.84. The molecule has 1 saturated heterocycles. The average Bonchev–Trinajstić information content (AvgIpc) is 3.34. The predicted molar refractivity (Wildman–Crippen MR) is 108 cm³/mol. The lowest BCUT2D eigenvalue weighted by molar-refractivity contribution is 0.102. The molecule has 132 valence electrons. The van der Waals surface area contributed by atoms with E-state index in [1.807, 2.05) is 53.8 Å². The molecule has 0 unspecified atom stereocenters. The van der Waals surface area contributed by atoms with Gasteiger partial charge in [-0.3, -0.25) is 9.69 Å². The number of para-hydroxylation sites is 1. The number of carbonyl (C=O) groups is 1. The second kappa shape index (κ2) is 7.85. The summed E-state index contributed by atoms with van der Waals surface area (Å²) in [5, 5.41) is 5.09. The van der Waals surface area contributed by atoms with Gasteiger partial charge in [-0.1, -0.05) is 36.4 Å². The van der Waals surface area contributed by atoms with Crippen LogP contribution < -0.4 is 5.32 Å². The summed E-state index contributed by atoms with van der Waals surface area (Å²) in [7, 11) is 0. The molecule has 3 aromatic rings.